The average molecular weight is 658 g/mol. The Balaban J connectivity index is 0.00000171. The zero-order valence-corrected chi connectivity index (χ0v) is 29.0. The van der Waals surface area contributed by atoms with Crippen molar-refractivity contribution in [3.05, 3.63) is 175 Å². The van der Waals surface area contributed by atoms with E-state index in [1.807, 2.05) is 13.8 Å². The summed E-state index contributed by atoms with van der Waals surface area (Å²) < 4.78 is 4.87. The van der Waals surface area contributed by atoms with Crippen molar-refractivity contribution in [3.63, 3.8) is 0 Å². The van der Waals surface area contributed by atoms with Crippen LogP contribution in [0.15, 0.2) is 164 Å². The zero-order chi connectivity index (χ0) is 34.3. The minimum absolute atomic E-state index is 1.05. The number of nitrogens with zero attached hydrogens (tertiary/aromatic N) is 2. The number of hydrogen-bond donors (Lipinski definition) is 1. The lowest BCUT2D eigenvalue weighted by Crippen LogP contribution is -2.01. The van der Waals surface area contributed by atoms with Gasteiger partial charge in [-0.25, -0.2) is 0 Å². The second kappa shape index (κ2) is 12.9. The van der Waals surface area contributed by atoms with Crippen molar-refractivity contribution in [3.8, 4) is 22.5 Å². The van der Waals surface area contributed by atoms with Crippen molar-refractivity contribution in [1.29, 1.82) is 0 Å². The van der Waals surface area contributed by atoms with Crippen molar-refractivity contribution >= 4 is 60.9 Å². The number of benzene rings is 7. The quantitative estimate of drug-likeness (QED) is 0.195. The fourth-order valence-electron chi connectivity index (χ4n) is 8.01. The van der Waals surface area contributed by atoms with Crippen molar-refractivity contribution in [2.24, 2.45) is 0 Å². The second-order valence-electron chi connectivity index (χ2n) is 13.0. The monoisotopic (exact) mass is 657 g/mol. The van der Waals surface area contributed by atoms with Gasteiger partial charge in [0.1, 0.15) is 0 Å². The van der Waals surface area contributed by atoms with Gasteiger partial charge in [-0.1, -0.05) is 123 Å². The van der Waals surface area contributed by atoms with Crippen LogP contribution in [0.2, 0.25) is 0 Å². The van der Waals surface area contributed by atoms with Crippen molar-refractivity contribution < 1.29 is 0 Å². The van der Waals surface area contributed by atoms with Gasteiger partial charge in [0.05, 0.1) is 22.2 Å². The van der Waals surface area contributed by atoms with E-state index < -0.39 is 0 Å². The first-order valence-corrected chi connectivity index (χ1v) is 18.1. The highest BCUT2D eigenvalue weighted by molar-refractivity contribution is 6.10. The minimum atomic E-state index is 1.05. The summed E-state index contributed by atoms with van der Waals surface area (Å²) in [5.74, 6) is 0. The van der Waals surface area contributed by atoms with Gasteiger partial charge in [-0.2, -0.15) is 0 Å². The third kappa shape index (κ3) is 5.13. The molecule has 9 aromatic rings. The summed E-state index contributed by atoms with van der Waals surface area (Å²) in [6.45, 7) is 4.00. The number of hydrogen-bond acceptors (Lipinski definition) is 1. The Morgan fingerprint density at radius 2 is 1.24 bits per heavy atom. The number of aryl methyl sites for hydroxylation is 1. The van der Waals surface area contributed by atoms with Gasteiger partial charge < -0.3 is 14.5 Å². The number of para-hydroxylation sites is 3. The number of aromatic nitrogens is 2. The normalized spacial score (nSPS) is 12.3. The van der Waals surface area contributed by atoms with Gasteiger partial charge in [-0.15, -0.1) is 0 Å². The fraction of sp³-hybridized carbons (Fsp3) is 0.0833. The van der Waals surface area contributed by atoms with Gasteiger partial charge in [-0.05, 0) is 90.0 Å². The molecule has 0 saturated carbocycles. The molecular formula is C48H39N3. The van der Waals surface area contributed by atoms with E-state index >= 15 is 0 Å². The minimum Gasteiger partial charge on any atom is -0.355 e. The van der Waals surface area contributed by atoms with Crippen LogP contribution in [0.25, 0.3) is 72.1 Å². The van der Waals surface area contributed by atoms with Gasteiger partial charge in [0.15, 0.2) is 0 Å². The van der Waals surface area contributed by atoms with Gasteiger partial charge in [0.2, 0.25) is 0 Å². The summed E-state index contributed by atoms with van der Waals surface area (Å²) in [6, 6.07) is 57.1. The molecule has 0 unspecified atom stereocenters. The molecule has 1 aliphatic carbocycles. The first-order valence-electron chi connectivity index (χ1n) is 18.1. The van der Waals surface area contributed by atoms with Crippen molar-refractivity contribution in [1.82, 2.24) is 9.13 Å². The predicted molar refractivity (Wildman–Crippen MR) is 219 cm³/mol. The Labute approximate surface area is 298 Å². The molecule has 10 rings (SSSR count). The van der Waals surface area contributed by atoms with Crippen LogP contribution in [-0.2, 0) is 6.42 Å². The van der Waals surface area contributed by atoms with E-state index in [2.05, 4.69) is 184 Å². The van der Waals surface area contributed by atoms with Crippen LogP contribution in [0.3, 0.4) is 0 Å². The standard InChI is InChI=1S/C46H33N3.C2H6/c1-2-17-35(18-3-1)48-43-24-8-7-21-39(43)41-30-34(27-28-45(41)48)47-33-16-10-15-32(29-33)37-22-12-23-40-38-20-6-9-25-44(38)49(46(37)40)42-26-11-14-31-13-4-5-19-36(31)42;1-2/h1-5,7-19,21-30,47H,6,20H2;1-2H3. The van der Waals surface area contributed by atoms with Crippen LogP contribution in [0.1, 0.15) is 31.5 Å². The highest BCUT2D eigenvalue weighted by Gasteiger charge is 2.22. The summed E-state index contributed by atoms with van der Waals surface area (Å²) >= 11 is 0. The molecular weight excluding hydrogens is 619 g/mol. The van der Waals surface area contributed by atoms with E-state index in [0.29, 0.717) is 0 Å². The molecule has 3 nitrogen and oxygen atoms in total. The van der Waals surface area contributed by atoms with E-state index in [1.54, 1.807) is 0 Å². The highest BCUT2D eigenvalue weighted by Crippen LogP contribution is 2.41. The molecule has 3 heteroatoms. The fourth-order valence-corrected chi connectivity index (χ4v) is 8.01. The maximum Gasteiger partial charge on any atom is 0.0616 e. The Morgan fingerprint density at radius 3 is 2.14 bits per heavy atom. The van der Waals surface area contributed by atoms with Crippen LogP contribution in [-0.4, -0.2) is 9.13 Å². The van der Waals surface area contributed by atoms with E-state index in [4.69, 9.17) is 0 Å². The van der Waals surface area contributed by atoms with Crippen molar-refractivity contribution in [2.75, 3.05) is 5.32 Å². The summed E-state index contributed by atoms with van der Waals surface area (Å²) in [5, 5.41) is 10.1. The molecule has 0 radical (unpaired) electrons. The zero-order valence-electron chi connectivity index (χ0n) is 29.0. The summed E-state index contributed by atoms with van der Waals surface area (Å²) in [4.78, 5) is 0. The Morgan fingerprint density at radius 1 is 0.529 bits per heavy atom. The lowest BCUT2D eigenvalue weighted by atomic mass is 9.98. The molecule has 0 atom stereocenters. The molecule has 0 spiro atoms. The van der Waals surface area contributed by atoms with Crippen LogP contribution < -0.4 is 5.32 Å². The van der Waals surface area contributed by atoms with Crippen LogP contribution in [0.4, 0.5) is 11.4 Å². The molecule has 7 aromatic carbocycles. The molecule has 0 bridgehead atoms. The number of nitrogens with one attached hydrogen (secondary N) is 1. The SMILES string of the molecule is C1=Cc2c(c3cccc(-c4cccc(Nc5ccc6c(c5)c5ccccc5n6-c5ccccc5)c4)c3n2-c2cccc3ccccc23)CC1.CC. The van der Waals surface area contributed by atoms with Gasteiger partial charge in [0, 0.05) is 49.9 Å². The second-order valence-corrected chi connectivity index (χ2v) is 13.0. The third-order valence-corrected chi connectivity index (χ3v) is 10.1. The Hall–Kier alpha value is -6.32. The van der Waals surface area contributed by atoms with E-state index in [0.717, 1.165) is 24.2 Å². The van der Waals surface area contributed by atoms with Crippen LogP contribution in [0.5, 0.6) is 0 Å². The van der Waals surface area contributed by atoms with Gasteiger partial charge in [-0.3, -0.25) is 0 Å². The highest BCUT2D eigenvalue weighted by atomic mass is 15.0. The number of anilines is 2. The van der Waals surface area contributed by atoms with E-state index in [-0.39, 0.29) is 0 Å². The molecule has 1 N–H and O–H groups in total. The molecule has 246 valence electrons. The molecule has 2 aromatic heterocycles. The molecule has 2 heterocycles. The first kappa shape index (κ1) is 30.7. The van der Waals surface area contributed by atoms with E-state index in [1.165, 1.54) is 77.2 Å². The number of fused-ring (bicyclic) bond motifs is 7. The molecule has 0 aliphatic heterocycles. The van der Waals surface area contributed by atoms with Crippen LogP contribution in [0, 0.1) is 0 Å². The van der Waals surface area contributed by atoms with E-state index in [9.17, 15) is 0 Å². The molecule has 1 aliphatic rings. The maximum atomic E-state index is 3.76. The smallest absolute Gasteiger partial charge is 0.0616 e. The largest absolute Gasteiger partial charge is 0.355 e. The van der Waals surface area contributed by atoms with Gasteiger partial charge >= 0.3 is 0 Å². The summed E-state index contributed by atoms with van der Waals surface area (Å²) in [5.41, 5.74) is 13.4. The molecule has 0 amide bonds. The Bertz CT molecular complexity index is 2740. The molecule has 0 saturated heterocycles. The van der Waals surface area contributed by atoms with Gasteiger partial charge in [0.25, 0.3) is 0 Å². The third-order valence-electron chi connectivity index (χ3n) is 10.1. The molecule has 0 fully saturated rings. The topological polar surface area (TPSA) is 21.9 Å². The Kier molecular flexibility index (Phi) is 7.74. The lowest BCUT2D eigenvalue weighted by molar-refractivity contribution is 0.970. The lowest BCUT2D eigenvalue weighted by Gasteiger charge is -2.16. The summed E-state index contributed by atoms with van der Waals surface area (Å²) in [6.07, 6.45) is 6.77. The van der Waals surface area contributed by atoms with Crippen molar-refractivity contribution in [2.45, 2.75) is 26.7 Å². The number of rotatable bonds is 5. The predicted octanol–water partition coefficient (Wildman–Crippen LogP) is 13.3. The number of allylic oxidation sites excluding steroid dienone is 1. The average Bonchev–Trinajstić information content (AvgIpc) is 3.72. The van der Waals surface area contributed by atoms with Crippen LogP contribution >= 0.6 is 0 Å². The maximum absolute atomic E-state index is 3.76. The summed E-state index contributed by atoms with van der Waals surface area (Å²) in [7, 11) is 0. The first-order chi connectivity index (χ1) is 25.3. The molecule has 51 heavy (non-hydrogen) atoms.